The van der Waals surface area contributed by atoms with Crippen molar-refractivity contribution in [2.45, 2.75) is 6.92 Å². The van der Waals surface area contributed by atoms with Crippen LogP contribution in [0.4, 0.5) is 0 Å². The van der Waals surface area contributed by atoms with E-state index in [2.05, 4.69) is 4.98 Å². The predicted octanol–water partition coefficient (Wildman–Crippen LogP) is 2.89. The molecule has 2 rings (SSSR count). The molecule has 0 aliphatic heterocycles. The summed E-state index contributed by atoms with van der Waals surface area (Å²) in [4.78, 5) is 3.97. The van der Waals surface area contributed by atoms with Gasteiger partial charge in [-0.15, -0.1) is 12.4 Å². The maximum absolute atomic E-state index is 7.30. The Kier molecular flexibility index (Phi) is 4.68. The van der Waals surface area contributed by atoms with Crippen LogP contribution in [-0.2, 0) is 0 Å². The van der Waals surface area contributed by atoms with Crippen molar-refractivity contribution in [3.8, 4) is 11.5 Å². The molecule has 0 amide bonds. The van der Waals surface area contributed by atoms with Gasteiger partial charge in [0.25, 0.3) is 0 Å². The number of rotatable bonds is 3. The van der Waals surface area contributed by atoms with Crippen LogP contribution >= 0.6 is 12.4 Å². The molecule has 4 nitrogen and oxygen atoms in total. The molecule has 94 valence electrons. The first kappa shape index (κ1) is 14.0. The van der Waals surface area contributed by atoms with Crippen molar-refractivity contribution < 1.29 is 4.74 Å². The number of hydrogen-bond acceptors (Lipinski definition) is 3. The van der Waals surface area contributed by atoms with Crippen LogP contribution in [0.25, 0.3) is 0 Å². The molecule has 18 heavy (non-hydrogen) atoms. The molecule has 0 radical (unpaired) electrons. The highest BCUT2D eigenvalue weighted by molar-refractivity contribution is 5.93. The van der Waals surface area contributed by atoms with Gasteiger partial charge in [0.2, 0.25) is 0 Å². The van der Waals surface area contributed by atoms with Crippen LogP contribution in [0.3, 0.4) is 0 Å². The zero-order chi connectivity index (χ0) is 12.3. The van der Waals surface area contributed by atoms with Gasteiger partial charge in [0, 0.05) is 12.3 Å². The second kappa shape index (κ2) is 6.02. The first-order valence-corrected chi connectivity index (χ1v) is 5.20. The van der Waals surface area contributed by atoms with Crippen molar-refractivity contribution >= 4 is 18.2 Å². The average molecular weight is 264 g/mol. The Morgan fingerprint density at radius 1 is 1.17 bits per heavy atom. The number of hydrogen-bond donors (Lipinski definition) is 2. The van der Waals surface area contributed by atoms with Gasteiger partial charge in [-0.25, -0.2) is 0 Å². The van der Waals surface area contributed by atoms with Crippen molar-refractivity contribution in [2.75, 3.05) is 0 Å². The van der Waals surface area contributed by atoms with Gasteiger partial charge in [0.1, 0.15) is 23.0 Å². The number of halogens is 1. The third-order valence-corrected chi connectivity index (χ3v) is 2.26. The fourth-order valence-corrected chi connectivity index (χ4v) is 1.36. The molecular formula is C13H14ClN3O. The molecule has 0 saturated heterocycles. The lowest BCUT2D eigenvalue weighted by molar-refractivity contribution is 0.481. The molecule has 0 aliphatic carbocycles. The highest BCUT2D eigenvalue weighted by atomic mass is 35.5. The van der Waals surface area contributed by atoms with Crippen LogP contribution in [0.5, 0.6) is 11.5 Å². The van der Waals surface area contributed by atoms with E-state index in [0.717, 1.165) is 5.75 Å². The van der Waals surface area contributed by atoms with Gasteiger partial charge in [-0.2, -0.15) is 0 Å². The zero-order valence-corrected chi connectivity index (χ0v) is 10.7. The highest BCUT2D eigenvalue weighted by Gasteiger charge is 2.02. The Balaban J connectivity index is 0.00000162. The Hall–Kier alpha value is -2.07. The van der Waals surface area contributed by atoms with Crippen molar-refractivity contribution in [1.82, 2.24) is 4.98 Å². The standard InChI is InChI=1S/C13H13N3O.ClH/c1-9-2-4-10(5-3-9)17-11-6-7-16-12(8-11)13(14)15;/h2-8H,1H3,(H3,14,15);1H. The summed E-state index contributed by atoms with van der Waals surface area (Å²) >= 11 is 0. The minimum Gasteiger partial charge on any atom is -0.457 e. The first-order valence-electron chi connectivity index (χ1n) is 5.20. The molecule has 0 fully saturated rings. The van der Waals surface area contributed by atoms with E-state index in [1.54, 1.807) is 18.3 Å². The van der Waals surface area contributed by atoms with Crippen LogP contribution in [0.1, 0.15) is 11.3 Å². The predicted molar refractivity (Wildman–Crippen MR) is 73.8 cm³/mol. The van der Waals surface area contributed by atoms with E-state index in [1.807, 2.05) is 31.2 Å². The van der Waals surface area contributed by atoms with E-state index in [1.165, 1.54) is 5.56 Å². The minimum atomic E-state index is -0.0700. The van der Waals surface area contributed by atoms with Gasteiger partial charge in [0.15, 0.2) is 0 Å². The SMILES string of the molecule is Cc1ccc(Oc2ccnc(C(=N)N)c2)cc1.Cl. The summed E-state index contributed by atoms with van der Waals surface area (Å²) < 4.78 is 5.63. The Morgan fingerprint density at radius 3 is 2.44 bits per heavy atom. The van der Waals surface area contributed by atoms with Crippen molar-refractivity contribution in [2.24, 2.45) is 5.73 Å². The van der Waals surface area contributed by atoms with Gasteiger partial charge in [-0.3, -0.25) is 10.4 Å². The summed E-state index contributed by atoms with van der Waals surface area (Å²) in [6.45, 7) is 2.02. The topological polar surface area (TPSA) is 72.0 Å². The summed E-state index contributed by atoms with van der Waals surface area (Å²) in [5, 5.41) is 7.30. The molecule has 5 heteroatoms. The number of nitrogens with two attached hydrogens (primary N) is 1. The molecule has 2 aromatic rings. The number of nitrogen functional groups attached to an aromatic ring is 1. The lowest BCUT2D eigenvalue weighted by Crippen LogP contribution is -2.12. The molecule has 1 aromatic heterocycles. The molecule has 0 spiro atoms. The van der Waals surface area contributed by atoms with Gasteiger partial charge in [-0.05, 0) is 25.1 Å². The van der Waals surface area contributed by atoms with Gasteiger partial charge < -0.3 is 10.5 Å². The summed E-state index contributed by atoms with van der Waals surface area (Å²) in [5.41, 5.74) is 6.95. The van der Waals surface area contributed by atoms with Crippen LogP contribution in [0, 0.1) is 12.3 Å². The number of ether oxygens (including phenoxy) is 1. The van der Waals surface area contributed by atoms with Crippen LogP contribution in [-0.4, -0.2) is 10.8 Å². The number of nitrogens with zero attached hydrogens (tertiary/aromatic N) is 1. The molecule has 0 unspecified atom stereocenters. The van der Waals surface area contributed by atoms with E-state index in [-0.39, 0.29) is 18.2 Å². The molecule has 1 heterocycles. The summed E-state index contributed by atoms with van der Waals surface area (Å²) in [7, 11) is 0. The average Bonchev–Trinajstić information content (AvgIpc) is 2.32. The molecular weight excluding hydrogens is 250 g/mol. The molecule has 0 bridgehead atoms. The van der Waals surface area contributed by atoms with Crippen LogP contribution in [0.15, 0.2) is 42.6 Å². The number of amidine groups is 1. The summed E-state index contributed by atoms with van der Waals surface area (Å²) in [6, 6.07) is 11.1. The lowest BCUT2D eigenvalue weighted by Gasteiger charge is -2.06. The zero-order valence-electron chi connectivity index (χ0n) is 9.88. The fourth-order valence-electron chi connectivity index (χ4n) is 1.36. The van der Waals surface area contributed by atoms with Crippen molar-refractivity contribution in [3.05, 3.63) is 53.9 Å². The molecule has 1 aromatic carbocycles. The second-order valence-corrected chi connectivity index (χ2v) is 3.71. The van der Waals surface area contributed by atoms with Crippen molar-refractivity contribution in [1.29, 1.82) is 5.41 Å². The van der Waals surface area contributed by atoms with Gasteiger partial charge in [-0.1, -0.05) is 17.7 Å². The molecule has 3 N–H and O–H groups in total. The van der Waals surface area contributed by atoms with Crippen molar-refractivity contribution in [3.63, 3.8) is 0 Å². The fraction of sp³-hybridized carbons (Fsp3) is 0.0769. The largest absolute Gasteiger partial charge is 0.457 e. The molecule has 0 saturated carbocycles. The lowest BCUT2D eigenvalue weighted by atomic mass is 10.2. The van der Waals surface area contributed by atoms with Gasteiger partial charge in [0.05, 0.1) is 0 Å². The van der Waals surface area contributed by atoms with E-state index in [0.29, 0.717) is 11.4 Å². The number of benzene rings is 1. The second-order valence-electron chi connectivity index (χ2n) is 3.71. The quantitative estimate of drug-likeness (QED) is 0.661. The number of aromatic nitrogens is 1. The van der Waals surface area contributed by atoms with E-state index in [9.17, 15) is 0 Å². The molecule has 0 atom stereocenters. The Bertz CT molecular complexity index is 540. The third-order valence-electron chi connectivity index (χ3n) is 2.26. The number of aryl methyl sites for hydroxylation is 1. The molecule has 0 aliphatic rings. The minimum absolute atomic E-state index is 0. The van der Waals surface area contributed by atoms with E-state index >= 15 is 0 Å². The summed E-state index contributed by atoms with van der Waals surface area (Å²) in [5.74, 6) is 1.30. The first-order chi connectivity index (χ1) is 8.15. The van der Waals surface area contributed by atoms with E-state index in [4.69, 9.17) is 15.9 Å². The highest BCUT2D eigenvalue weighted by Crippen LogP contribution is 2.21. The monoisotopic (exact) mass is 263 g/mol. The smallest absolute Gasteiger partial charge is 0.141 e. The van der Waals surface area contributed by atoms with Crippen LogP contribution < -0.4 is 10.5 Å². The summed E-state index contributed by atoms with van der Waals surface area (Å²) in [6.07, 6.45) is 1.57. The number of pyridine rings is 1. The normalized spacial score (nSPS) is 9.39. The van der Waals surface area contributed by atoms with Crippen LogP contribution in [0.2, 0.25) is 0 Å². The maximum atomic E-state index is 7.30. The Morgan fingerprint density at radius 2 is 1.83 bits per heavy atom. The third kappa shape index (κ3) is 3.46. The number of nitrogens with one attached hydrogen (secondary N) is 1. The maximum Gasteiger partial charge on any atom is 0.141 e. The van der Waals surface area contributed by atoms with E-state index < -0.39 is 0 Å². The Labute approximate surface area is 112 Å². The van der Waals surface area contributed by atoms with Gasteiger partial charge >= 0.3 is 0 Å².